The molecule has 6 nitrogen and oxygen atoms in total. The lowest BCUT2D eigenvalue weighted by molar-refractivity contribution is 0.0697. The molecule has 3 N–H and O–H groups in total. The zero-order valence-corrected chi connectivity index (χ0v) is 12.9. The number of aromatic nitrogens is 2. The van der Waals surface area contributed by atoms with Gasteiger partial charge in [0.1, 0.15) is 17.4 Å². The van der Waals surface area contributed by atoms with Crippen molar-refractivity contribution in [1.82, 2.24) is 9.97 Å². The quantitative estimate of drug-likeness (QED) is 0.636. The molecule has 120 valence electrons. The Morgan fingerprint density at radius 2 is 1.79 bits per heavy atom. The summed E-state index contributed by atoms with van der Waals surface area (Å²) in [6.07, 6.45) is 0. The van der Waals surface area contributed by atoms with E-state index in [2.05, 4.69) is 15.3 Å². The normalized spacial score (nSPS) is 10.4. The van der Waals surface area contributed by atoms with Gasteiger partial charge < -0.3 is 15.5 Å². The van der Waals surface area contributed by atoms with Crippen LogP contribution < -0.4 is 5.32 Å². The van der Waals surface area contributed by atoms with Crippen molar-refractivity contribution in [3.63, 3.8) is 0 Å². The number of phenols is 1. The van der Waals surface area contributed by atoms with E-state index in [1.54, 1.807) is 13.0 Å². The zero-order chi connectivity index (χ0) is 17.1. The molecule has 0 unspecified atom stereocenters. The summed E-state index contributed by atoms with van der Waals surface area (Å²) < 4.78 is 0. The SMILES string of the molecule is Cc1nc(Nc2cc(C(=O)O)ccc2O)cc(-c2ccccc2)n1. The fraction of sp³-hybridized carbons (Fsp3) is 0.0556. The van der Waals surface area contributed by atoms with Crippen LogP contribution in [-0.2, 0) is 0 Å². The van der Waals surface area contributed by atoms with Gasteiger partial charge in [-0.2, -0.15) is 0 Å². The molecule has 0 aliphatic carbocycles. The fourth-order valence-corrected chi connectivity index (χ4v) is 2.30. The number of rotatable bonds is 4. The van der Waals surface area contributed by atoms with Gasteiger partial charge in [-0.05, 0) is 25.1 Å². The topological polar surface area (TPSA) is 95.3 Å². The standard InChI is InChI=1S/C18H15N3O3/c1-11-19-14(12-5-3-2-4-6-12)10-17(20-11)21-15-9-13(18(23)24)7-8-16(15)22/h2-10,22H,1H3,(H,23,24)(H,19,20,21). The first kappa shape index (κ1) is 15.5. The maximum atomic E-state index is 11.1. The van der Waals surface area contributed by atoms with Crippen LogP contribution >= 0.6 is 0 Å². The third-order valence-corrected chi connectivity index (χ3v) is 3.41. The van der Waals surface area contributed by atoms with Crippen LogP contribution in [0.15, 0.2) is 54.6 Å². The van der Waals surface area contributed by atoms with Gasteiger partial charge >= 0.3 is 5.97 Å². The van der Waals surface area contributed by atoms with Crippen LogP contribution in [0.25, 0.3) is 11.3 Å². The Hall–Kier alpha value is -3.41. The lowest BCUT2D eigenvalue weighted by atomic mass is 10.1. The van der Waals surface area contributed by atoms with Crippen LogP contribution in [0.3, 0.4) is 0 Å². The molecule has 0 spiro atoms. The number of phenolic OH excluding ortho intramolecular Hbond substituents is 1. The maximum Gasteiger partial charge on any atom is 0.335 e. The number of aromatic carboxylic acids is 1. The molecule has 24 heavy (non-hydrogen) atoms. The van der Waals surface area contributed by atoms with Gasteiger partial charge in [-0.25, -0.2) is 14.8 Å². The number of carboxylic acid groups (broad SMARTS) is 1. The molecular weight excluding hydrogens is 306 g/mol. The zero-order valence-electron chi connectivity index (χ0n) is 12.9. The molecule has 0 saturated heterocycles. The minimum absolute atomic E-state index is 0.0578. The predicted octanol–water partition coefficient (Wildman–Crippen LogP) is 3.60. The van der Waals surface area contributed by atoms with Gasteiger partial charge in [0, 0.05) is 11.6 Å². The highest BCUT2D eigenvalue weighted by Gasteiger charge is 2.10. The molecule has 1 aromatic heterocycles. The van der Waals surface area contributed by atoms with E-state index in [1.807, 2.05) is 30.3 Å². The molecule has 6 heteroatoms. The fourth-order valence-electron chi connectivity index (χ4n) is 2.30. The molecule has 0 aliphatic heterocycles. The Balaban J connectivity index is 1.98. The van der Waals surface area contributed by atoms with Gasteiger partial charge in [-0.15, -0.1) is 0 Å². The number of aryl methyl sites for hydroxylation is 1. The molecule has 0 saturated carbocycles. The molecule has 0 atom stereocenters. The van der Waals surface area contributed by atoms with Crippen LogP contribution in [-0.4, -0.2) is 26.2 Å². The van der Waals surface area contributed by atoms with Crippen LogP contribution in [0.5, 0.6) is 5.75 Å². The molecule has 2 aromatic carbocycles. The van der Waals surface area contributed by atoms with Crippen LogP contribution in [0, 0.1) is 6.92 Å². The number of carbonyl (C=O) groups is 1. The second-order valence-electron chi connectivity index (χ2n) is 5.21. The average Bonchev–Trinajstić information content (AvgIpc) is 2.57. The van der Waals surface area contributed by atoms with Crippen molar-refractivity contribution >= 4 is 17.5 Å². The molecule has 3 rings (SSSR count). The summed E-state index contributed by atoms with van der Waals surface area (Å²) in [7, 11) is 0. The van der Waals surface area contributed by atoms with Crippen molar-refractivity contribution in [3.05, 3.63) is 66.0 Å². The first-order valence-electron chi connectivity index (χ1n) is 7.27. The molecule has 0 aliphatic rings. The number of carboxylic acids is 1. The van der Waals surface area contributed by atoms with E-state index in [4.69, 9.17) is 5.11 Å². The van der Waals surface area contributed by atoms with Crippen molar-refractivity contribution in [2.75, 3.05) is 5.32 Å². The molecular formula is C18H15N3O3. The van der Waals surface area contributed by atoms with Gasteiger partial charge in [0.05, 0.1) is 16.9 Å². The maximum absolute atomic E-state index is 11.1. The van der Waals surface area contributed by atoms with Crippen molar-refractivity contribution in [2.24, 2.45) is 0 Å². The number of hydrogen-bond donors (Lipinski definition) is 3. The van der Waals surface area contributed by atoms with E-state index in [9.17, 15) is 9.90 Å². The van der Waals surface area contributed by atoms with Crippen molar-refractivity contribution in [1.29, 1.82) is 0 Å². The smallest absolute Gasteiger partial charge is 0.335 e. The Kier molecular flexibility index (Phi) is 4.11. The number of anilines is 2. The Bertz CT molecular complexity index is 895. The molecule has 0 fully saturated rings. The largest absolute Gasteiger partial charge is 0.506 e. The Morgan fingerprint density at radius 1 is 1.04 bits per heavy atom. The van der Waals surface area contributed by atoms with Crippen LogP contribution in [0.2, 0.25) is 0 Å². The summed E-state index contributed by atoms with van der Waals surface area (Å²) in [6.45, 7) is 1.77. The molecule has 1 heterocycles. The highest BCUT2D eigenvalue weighted by molar-refractivity contribution is 5.90. The molecule has 0 bridgehead atoms. The number of benzene rings is 2. The highest BCUT2D eigenvalue weighted by atomic mass is 16.4. The molecule has 0 amide bonds. The number of nitrogens with zero attached hydrogens (tertiary/aromatic N) is 2. The molecule has 0 radical (unpaired) electrons. The predicted molar refractivity (Wildman–Crippen MR) is 90.6 cm³/mol. The van der Waals surface area contributed by atoms with E-state index < -0.39 is 5.97 Å². The van der Waals surface area contributed by atoms with E-state index in [0.29, 0.717) is 11.6 Å². The summed E-state index contributed by atoms with van der Waals surface area (Å²) in [4.78, 5) is 19.8. The minimum atomic E-state index is -1.07. The monoisotopic (exact) mass is 321 g/mol. The summed E-state index contributed by atoms with van der Waals surface area (Å²) in [5.74, 6) is -0.0913. The number of aromatic hydroxyl groups is 1. The summed E-state index contributed by atoms with van der Waals surface area (Å²) in [6, 6.07) is 15.4. The number of nitrogens with one attached hydrogen (secondary N) is 1. The first-order chi connectivity index (χ1) is 11.5. The first-order valence-corrected chi connectivity index (χ1v) is 7.27. The van der Waals surface area contributed by atoms with Gasteiger partial charge in [0.2, 0.25) is 0 Å². The van der Waals surface area contributed by atoms with Crippen molar-refractivity contribution in [2.45, 2.75) is 6.92 Å². The average molecular weight is 321 g/mol. The second kappa shape index (κ2) is 6.37. The summed E-state index contributed by atoms with van der Waals surface area (Å²) >= 11 is 0. The Labute approximate surface area is 138 Å². The van der Waals surface area contributed by atoms with Gasteiger partial charge in [0.15, 0.2) is 0 Å². The Morgan fingerprint density at radius 3 is 2.50 bits per heavy atom. The third-order valence-electron chi connectivity index (χ3n) is 3.41. The molecule has 3 aromatic rings. The lowest BCUT2D eigenvalue weighted by Gasteiger charge is -2.11. The third kappa shape index (κ3) is 3.33. The van der Waals surface area contributed by atoms with Crippen molar-refractivity contribution < 1.29 is 15.0 Å². The van der Waals surface area contributed by atoms with E-state index >= 15 is 0 Å². The second-order valence-corrected chi connectivity index (χ2v) is 5.21. The minimum Gasteiger partial charge on any atom is -0.506 e. The highest BCUT2D eigenvalue weighted by Crippen LogP contribution is 2.28. The van der Waals surface area contributed by atoms with Crippen molar-refractivity contribution in [3.8, 4) is 17.0 Å². The lowest BCUT2D eigenvalue weighted by Crippen LogP contribution is -2.01. The van der Waals surface area contributed by atoms with E-state index in [-0.39, 0.29) is 17.0 Å². The van der Waals surface area contributed by atoms with E-state index in [1.165, 1.54) is 18.2 Å². The summed E-state index contributed by atoms with van der Waals surface area (Å²) in [5.41, 5.74) is 2.02. The van der Waals surface area contributed by atoms with Gasteiger partial charge in [-0.3, -0.25) is 0 Å². The van der Waals surface area contributed by atoms with Crippen LogP contribution in [0.4, 0.5) is 11.5 Å². The number of hydrogen-bond acceptors (Lipinski definition) is 5. The van der Waals surface area contributed by atoms with Gasteiger partial charge in [0.25, 0.3) is 0 Å². The summed E-state index contributed by atoms with van der Waals surface area (Å²) in [5, 5.41) is 22.0. The van der Waals surface area contributed by atoms with Crippen LogP contribution in [0.1, 0.15) is 16.2 Å². The van der Waals surface area contributed by atoms with Gasteiger partial charge in [-0.1, -0.05) is 30.3 Å². The van der Waals surface area contributed by atoms with E-state index in [0.717, 1.165) is 11.3 Å².